The second kappa shape index (κ2) is 17.6. The number of hydrogen-bond acceptors (Lipinski definition) is 6. The zero-order chi connectivity index (χ0) is 54.3. The van der Waals surface area contributed by atoms with Gasteiger partial charge in [0.1, 0.15) is 33.5 Å². The Morgan fingerprint density at radius 2 is 0.747 bits per heavy atom. The average Bonchev–Trinajstić information content (AvgIpc) is 3.53. The normalized spacial score (nSPS) is 12.1. The summed E-state index contributed by atoms with van der Waals surface area (Å²) < 4.78 is 25.0. The highest BCUT2D eigenvalue weighted by molar-refractivity contribution is 6.19. The van der Waals surface area contributed by atoms with Gasteiger partial charge in [-0.25, -0.2) is 15.0 Å². The average molecular weight is 1060 g/mol. The van der Waals surface area contributed by atoms with Crippen molar-refractivity contribution < 1.29 is 13.3 Å². The lowest BCUT2D eigenvalue weighted by atomic mass is 9.95. The molecule has 0 amide bonds. The third kappa shape index (κ3) is 6.90. The van der Waals surface area contributed by atoms with E-state index in [1.165, 1.54) is 27.1 Å². The smallest absolute Gasteiger partial charge is 0.164 e. The number of fused-ring (bicyclic) bond motifs is 15. The second-order valence-electron chi connectivity index (χ2n) is 21.4. The van der Waals surface area contributed by atoms with Crippen molar-refractivity contribution in [1.82, 2.24) is 24.1 Å². The maximum atomic E-state index is 6.92. The fourth-order valence-corrected chi connectivity index (χ4v) is 13.1. The number of benzene rings is 12. The van der Waals surface area contributed by atoms with Crippen LogP contribution >= 0.6 is 0 Å². The van der Waals surface area contributed by atoms with Gasteiger partial charge in [-0.1, -0.05) is 164 Å². The first-order valence-electron chi connectivity index (χ1n) is 27.9. The zero-order valence-corrected chi connectivity index (χ0v) is 44.3. The molecule has 0 saturated heterocycles. The lowest BCUT2D eigenvalue weighted by Crippen LogP contribution is -2.00. The topological polar surface area (TPSA) is 88.0 Å². The van der Waals surface area contributed by atoms with Gasteiger partial charge >= 0.3 is 0 Å². The van der Waals surface area contributed by atoms with E-state index in [2.05, 4.69) is 228 Å². The van der Waals surface area contributed by atoms with Gasteiger partial charge in [-0.2, -0.15) is 0 Å². The van der Waals surface area contributed by atoms with E-state index in [0.29, 0.717) is 17.5 Å². The van der Waals surface area contributed by atoms with Crippen molar-refractivity contribution in [2.24, 2.45) is 0 Å². The number of furan rings is 3. The summed E-state index contributed by atoms with van der Waals surface area (Å²) in [6, 6.07) is 91.4. The molecule has 0 fully saturated rings. The summed E-state index contributed by atoms with van der Waals surface area (Å²) in [7, 11) is 0. The molecule has 8 nitrogen and oxygen atoms in total. The van der Waals surface area contributed by atoms with Crippen LogP contribution in [-0.2, 0) is 0 Å². The molecule has 83 heavy (non-hydrogen) atoms. The Bertz CT molecular complexity index is 5650. The van der Waals surface area contributed by atoms with Crippen LogP contribution in [-0.4, -0.2) is 24.1 Å². The quantitative estimate of drug-likeness (QED) is 0.158. The van der Waals surface area contributed by atoms with E-state index in [-0.39, 0.29) is 0 Å². The summed E-state index contributed by atoms with van der Waals surface area (Å²) in [5, 5.41) is 10.9. The van der Waals surface area contributed by atoms with Crippen molar-refractivity contribution in [3.05, 3.63) is 261 Å². The molecular formula is C75H43N5O3. The first-order valence-corrected chi connectivity index (χ1v) is 27.9. The Morgan fingerprint density at radius 1 is 0.241 bits per heavy atom. The third-order valence-electron chi connectivity index (χ3n) is 16.8. The highest BCUT2D eigenvalue weighted by atomic mass is 16.3. The van der Waals surface area contributed by atoms with E-state index in [9.17, 15) is 0 Å². The molecule has 18 aromatic rings. The maximum absolute atomic E-state index is 6.92. The molecule has 386 valence electrons. The first kappa shape index (κ1) is 45.5. The van der Waals surface area contributed by atoms with Crippen LogP contribution in [0.2, 0.25) is 0 Å². The maximum Gasteiger partial charge on any atom is 0.164 e. The third-order valence-corrected chi connectivity index (χ3v) is 16.8. The predicted molar refractivity (Wildman–Crippen MR) is 338 cm³/mol. The fourth-order valence-electron chi connectivity index (χ4n) is 13.1. The van der Waals surface area contributed by atoms with Crippen LogP contribution in [0, 0.1) is 0 Å². The SMILES string of the molecule is c1ccc(-c2nc(-c3ccc4c(c3)oc3cc(-n5c6ccccc6c6ccccc65)ccc34)nc(-c3cccc4oc5ccc(-c6cccc7oc8c(-c9ccc%10c(c9)c9ccccc9n%10-c9ccccc9)cccc8c67)cc5c34)n2)cc1. The summed E-state index contributed by atoms with van der Waals surface area (Å²) >= 11 is 0. The second-order valence-corrected chi connectivity index (χ2v) is 21.4. The molecule has 0 atom stereocenters. The number of hydrogen-bond donors (Lipinski definition) is 0. The molecule has 0 aliphatic carbocycles. The van der Waals surface area contributed by atoms with Gasteiger partial charge in [-0.05, 0) is 108 Å². The summed E-state index contributed by atoms with van der Waals surface area (Å²) in [6.45, 7) is 0. The molecular weight excluding hydrogens is 1020 g/mol. The largest absolute Gasteiger partial charge is 0.456 e. The molecule has 6 heterocycles. The van der Waals surface area contributed by atoms with E-state index >= 15 is 0 Å². The van der Waals surface area contributed by atoms with Crippen molar-refractivity contribution in [1.29, 1.82) is 0 Å². The standard InChI is InChI=1S/C75H43N5O3/c1-3-16-44(17-4-1)73-76-74(47-32-36-55-56-37-35-49(43-69(56)82-68(55)42-47)80-61-27-10-7-20-52(61)53-21-8-11-28-62(53)80)78-75(77-73)58-26-15-30-66-71(58)60-41-45(34-39-65(60)81-66)50-23-14-31-67-70(50)57-25-13-24-51(72(57)83-67)46-33-38-64-59(40-46)54-22-9-12-29-63(54)79(64)48-18-5-2-6-19-48/h1-43H. The molecule has 12 aromatic carbocycles. The molecule has 0 spiro atoms. The number of nitrogens with zero attached hydrogens (tertiary/aromatic N) is 5. The van der Waals surface area contributed by atoms with E-state index in [0.717, 1.165) is 133 Å². The van der Waals surface area contributed by atoms with Crippen molar-refractivity contribution in [2.75, 3.05) is 0 Å². The lowest BCUT2D eigenvalue weighted by molar-refractivity contribution is 0.668. The molecule has 0 N–H and O–H groups in total. The highest BCUT2D eigenvalue weighted by Gasteiger charge is 2.23. The zero-order valence-electron chi connectivity index (χ0n) is 44.3. The molecule has 0 saturated carbocycles. The minimum absolute atomic E-state index is 0.532. The number of rotatable bonds is 7. The number of para-hydroxylation sites is 5. The van der Waals surface area contributed by atoms with Crippen LogP contribution in [0.1, 0.15) is 0 Å². The van der Waals surface area contributed by atoms with Gasteiger partial charge in [-0.15, -0.1) is 0 Å². The summed E-state index contributed by atoms with van der Waals surface area (Å²) in [5.41, 5.74) is 18.3. The Hall–Kier alpha value is -11.4. The van der Waals surface area contributed by atoms with Gasteiger partial charge in [-0.3, -0.25) is 0 Å². The van der Waals surface area contributed by atoms with Crippen LogP contribution in [0.3, 0.4) is 0 Å². The predicted octanol–water partition coefficient (Wildman–Crippen LogP) is 20.1. The van der Waals surface area contributed by atoms with Gasteiger partial charge in [0.05, 0.1) is 22.1 Å². The Kier molecular flexibility index (Phi) is 9.64. The highest BCUT2D eigenvalue weighted by Crippen LogP contribution is 2.45. The van der Waals surface area contributed by atoms with E-state index in [4.69, 9.17) is 28.2 Å². The van der Waals surface area contributed by atoms with Gasteiger partial charge in [0.25, 0.3) is 0 Å². The van der Waals surface area contributed by atoms with Crippen LogP contribution in [0.25, 0.3) is 177 Å². The van der Waals surface area contributed by atoms with E-state index in [1.807, 2.05) is 42.5 Å². The lowest BCUT2D eigenvalue weighted by Gasteiger charge is -2.09. The molecule has 18 rings (SSSR count). The fraction of sp³-hybridized carbons (Fsp3) is 0. The molecule has 8 heteroatoms. The van der Waals surface area contributed by atoms with Gasteiger partial charge in [0, 0.05) is 93.6 Å². The number of aromatic nitrogens is 5. The molecule has 0 aliphatic heterocycles. The van der Waals surface area contributed by atoms with Gasteiger partial charge in [0.15, 0.2) is 17.5 Å². The van der Waals surface area contributed by atoms with Gasteiger partial charge in [0.2, 0.25) is 0 Å². The van der Waals surface area contributed by atoms with Crippen LogP contribution in [0.15, 0.2) is 274 Å². The van der Waals surface area contributed by atoms with E-state index < -0.39 is 0 Å². The van der Waals surface area contributed by atoms with E-state index in [1.54, 1.807) is 0 Å². The van der Waals surface area contributed by atoms with Crippen molar-refractivity contribution in [2.45, 2.75) is 0 Å². The van der Waals surface area contributed by atoms with Crippen LogP contribution in [0.4, 0.5) is 0 Å². The Morgan fingerprint density at radius 3 is 1.51 bits per heavy atom. The summed E-state index contributed by atoms with van der Waals surface area (Å²) in [6.07, 6.45) is 0. The van der Waals surface area contributed by atoms with Gasteiger partial charge < -0.3 is 22.4 Å². The first-order chi connectivity index (χ1) is 41.1. The van der Waals surface area contributed by atoms with Crippen LogP contribution < -0.4 is 0 Å². The Balaban J connectivity index is 0.755. The molecule has 0 radical (unpaired) electrons. The van der Waals surface area contributed by atoms with Crippen LogP contribution in [0.5, 0.6) is 0 Å². The Labute approximate surface area is 473 Å². The van der Waals surface area contributed by atoms with Crippen molar-refractivity contribution in [3.8, 4) is 67.8 Å². The summed E-state index contributed by atoms with van der Waals surface area (Å²) in [5.74, 6) is 1.63. The molecule has 0 unspecified atom stereocenters. The van der Waals surface area contributed by atoms with Crippen molar-refractivity contribution >= 4 is 109 Å². The molecule has 0 aliphatic rings. The monoisotopic (exact) mass is 1060 g/mol. The van der Waals surface area contributed by atoms with Crippen molar-refractivity contribution in [3.63, 3.8) is 0 Å². The minimum Gasteiger partial charge on any atom is -0.456 e. The minimum atomic E-state index is 0.532. The summed E-state index contributed by atoms with van der Waals surface area (Å²) in [4.78, 5) is 15.7. The molecule has 6 aromatic heterocycles. The molecule has 0 bridgehead atoms.